The second kappa shape index (κ2) is 7.41. The molecule has 11 heteroatoms. The Hall–Kier alpha value is -2.79. The minimum Gasteiger partial charge on any atom is -0.427 e. The lowest BCUT2D eigenvalue weighted by molar-refractivity contribution is -0.248. The topological polar surface area (TPSA) is 78.7 Å². The molecule has 1 aliphatic carbocycles. The van der Waals surface area contributed by atoms with Crippen LogP contribution in [-0.2, 0) is 0 Å². The first kappa shape index (κ1) is 21.4. The van der Waals surface area contributed by atoms with E-state index in [4.69, 9.17) is 0 Å². The first-order valence-electron chi connectivity index (χ1n) is 9.39. The Bertz CT molecular complexity index is 1010. The van der Waals surface area contributed by atoms with Crippen LogP contribution in [0.25, 0.3) is 6.08 Å². The molecule has 1 aromatic heterocycles. The van der Waals surface area contributed by atoms with E-state index in [1.54, 1.807) is 12.2 Å². The molecule has 0 bridgehead atoms. The van der Waals surface area contributed by atoms with Crippen LogP contribution in [0.1, 0.15) is 35.9 Å². The number of para-hydroxylation sites is 1. The van der Waals surface area contributed by atoms with E-state index in [9.17, 15) is 32.2 Å². The molecule has 6 nitrogen and oxygen atoms in total. The molecule has 4 atom stereocenters. The van der Waals surface area contributed by atoms with Crippen molar-refractivity contribution in [2.75, 3.05) is 11.4 Å². The van der Waals surface area contributed by atoms with Crippen LogP contribution >= 0.6 is 0 Å². The van der Waals surface area contributed by atoms with Gasteiger partial charge in [-0.05, 0) is 12.1 Å². The molecular weight excluding hydrogens is 425 g/mol. The van der Waals surface area contributed by atoms with Crippen LogP contribution < -0.4 is 9.64 Å². The van der Waals surface area contributed by atoms with E-state index < -0.39 is 41.8 Å². The Labute approximate surface area is 173 Å². The molecule has 0 spiro atoms. The zero-order chi connectivity index (χ0) is 22.6. The third-order valence-corrected chi connectivity index (χ3v) is 5.51. The summed E-state index contributed by atoms with van der Waals surface area (Å²) in [7, 11) is 0. The number of rotatable bonds is 3. The molecular formula is C20H18F5N3O3. The molecule has 0 radical (unpaired) electrons. The molecule has 2 heterocycles. The second-order valence-corrected chi connectivity index (χ2v) is 7.47. The standard InChI is InChI=1S/C20H18F5N3O3/c1-10-11(5-6-13-15(10)27-8-7-26-13)9-28-14-4-2-3-12(17(29)19(21,22)23)16(14)31-20(24,25)18(28)30/h2-8,10-11,17-18,29-30H,9H2,1H3. The van der Waals surface area contributed by atoms with E-state index >= 15 is 0 Å². The number of alkyl halides is 5. The van der Waals surface area contributed by atoms with E-state index in [1.807, 2.05) is 6.92 Å². The van der Waals surface area contributed by atoms with Crippen LogP contribution in [0.15, 0.2) is 36.7 Å². The SMILES string of the molecule is CC1c2nccnc2C=CC1CN1c2cccc(C(O)C(F)(F)F)c2OC(F)(F)C1O. The molecule has 1 aromatic carbocycles. The maximum absolute atomic E-state index is 14.4. The number of aromatic nitrogens is 2. The number of hydrogen-bond donors (Lipinski definition) is 2. The fraction of sp³-hybridized carbons (Fsp3) is 0.400. The molecule has 2 aliphatic rings. The number of halogens is 5. The maximum atomic E-state index is 14.4. The van der Waals surface area contributed by atoms with Crippen molar-refractivity contribution in [1.82, 2.24) is 9.97 Å². The van der Waals surface area contributed by atoms with Crippen LogP contribution in [0.3, 0.4) is 0 Å². The van der Waals surface area contributed by atoms with E-state index in [2.05, 4.69) is 14.7 Å². The molecule has 0 saturated heterocycles. The summed E-state index contributed by atoms with van der Waals surface area (Å²) in [5.74, 6) is -1.49. The lowest BCUT2D eigenvalue weighted by Gasteiger charge is -2.42. The van der Waals surface area contributed by atoms with Gasteiger partial charge in [0.25, 0.3) is 0 Å². The Morgan fingerprint density at radius 3 is 2.65 bits per heavy atom. The highest BCUT2D eigenvalue weighted by molar-refractivity contribution is 5.65. The van der Waals surface area contributed by atoms with Gasteiger partial charge in [0.2, 0.25) is 6.23 Å². The minimum atomic E-state index is -5.09. The molecule has 0 fully saturated rings. The van der Waals surface area contributed by atoms with E-state index in [0.29, 0.717) is 11.4 Å². The summed E-state index contributed by atoms with van der Waals surface area (Å²) in [6.45, 7) is 1.66. The summed E-state index contributed by atoms with van der Waals surface area (Å²) in [5.41, 5.74) is 0.246. The van der Waals surface area contributed by atoms with Crippen molar-refractivity contribution in [2.45, 2.75) is 37.5 Å². The number of benzene rings is 1. The number of anilines is 1. The molecule has 31 heavy (non-hydrogen) atoms. The second-order valence-electron chi connectivity index (χ2n) is 7.47. The van der Waals surface area contributed by atoms with Crippen LogP contribution in [0.5, 0.6) is 5.75 Å². The Balaban J connectivity index is 1.73. The van der Waals surface area contributed by atoms with Gasteiger partial charge >= 0.3 is 12.3 Å². The molecule has 1 aliphatic heterocycles. The van der Waals surface area contributed by atoms with Crippen LogP contribution in [-0.4, -0.2) is 45.2 Å². The normalized spacial score (nSPS) is 25.4. The lowest BCUT2D eigenvalue weighted by Crippen LogP contribution is -2.56. The van der Waals surface area contributed by atoms with E-state index in [-0.39, 0.29) is 18.2 Å². The summed E-state index contributed by atoms with van der Waals surface area (Å²) < 4.78 is 72.5. The first-order chi connectivity index (χ1) is 14.5. The summed E-state index contributed by atoms with van der Waals surface area (Å²) in [6, 6.07) is 3.29. The average Bonchev–Trinajstić information content (AvgIpc) is 2.71. The number of fused-ring (bicyclic) bond motifs is 2. The van der Waals surface area contributed by atoms with Crippen LogP contribution in [0.2, 0.25) is 0 Å². The minimum absolute atomic E-state index is 0.160. The Morgan fingerprint density at radius 1 is 1.23 bits per heavy atom. The first-order valence-corrected chi connectivity index (χ1v) is 9.39. The van der Waals surface area contributed by atoms with Crippen molar-refractivity contribution >= 4 is 11.8 Å². The number of aliphatic hydroxyl groups excluding tert-OH is 2. The van der Waals surface area contributed by atoms with Gasteiger partial charge in [-0.1, -0.05) is 25.1 Å². The molecule has 4 unspecified atom stereocenters. The van der Waals surface area contributed by atoms with Crippen molar-refractivity contribution in [3.05, 3.63) is 53.6 Å². The number of ether oxygens (including phenoxy) is 1. The molecule has 2 N–H and O–H groups in total. The molecule has 0 amide bonds. The van der Waals surface area contributed by atoms with Crippen molar-refractivity contribution in [2.24, 2.45) is 5.92 Å². The van der Waals surface area contributed by atoms with Crippen molar-refractivity contribution in [3.8, 4) is 5.75 Å². The molecule has 166 valence electrons. The number of nitrogens with zero attached hydrogens (tertiary/aromatic N) is 3. The van der Waals surface area contributed by atoms with Gasteiger partial charge in [-0.15, -0.1) is 0 Å². The van der Waals surface area contributed by atoms with Gasteiger partial charge in [0, 0.05) is 36.3 Å². The van der Waals surface area contributed by atoms with Gasteiger partial charge in [-0.3, -0.25) is 9.97 Å². The summed E-state index contributed by atoms with van der Waals surface area (Å²) in [5, 5.41) is 19.9. The highest BCUT2D eigenvalue weighted by atomic mass is 19.4. The third kappa shape index (κ3) is 3.72. The van der Waals surface area contributed by atoms with E-state index in [0.717, 1.165) is 11.0 Å². The summed E-state index contributed by atoms with van der Waals surface area (Å²) in [6.07, 6.45) is -8.31. The summed E-state index contributed by atoms with van der Waals surface area (Å²) in [4.78, 5) is 9.35. The van der Waals surface area contributed by atoms with Gasteiger partial charge in [-0.25, -0.2) is 0 Å². The highest BCUT2D eigenvalue weighted by Crippen LogP contribution is 2.48. The Kier molecular flexibility index (Phi) is 5.13. The average molecular weight is 443 g/mol. The van der Waals surface area contributed by atoms with Crippen LogP contribution in [0, 0.1) is 5.92 Å². The van der Waals surface area contributed by atoms with Crippen molar-refractivity contribution in [1.29, 1.82) is 0 Å². The number of aliphatic hydroxyl groups is 2. The van der Waals surface area contributed by atoms with Crippen molar-refractivity contribution in [3.63, 3.8) is 0 Å². The fourth-order valence-electron chi connectivity index (χ4n) is 3.84. The van der Waals surface area contributed by atoms with Gasteiger partial charge in [0.1, 0.15) is 0 Å². The molecule has 4 rings (SSSR count). The zero-order valence-corrected chi connectivity index (χ0v) is 16.1. The largest absolute Gasteiger partial charge is 0.444 e. The summed E-state index contributed by atoms with van der Waals surface area (Å²) >= 11 is 0. The molecule has 0 saturated carbocycles. The fourth-order valence-corrected chi connectivity index (χ4v) is 3.84. The maximum Gasteiger partial charge on any atom is 0.444 e. The number of hydrogen-bond acceptors (Lipinski definition) is 6. The van der Waals surface area contributed by atoms with Gasteiger partial charge in [0.05, 0.1) is 17.1 Å². The van der Waals surface area contributed by atoms with Gasteiger partial charge in [-0.2, -0.15) is 22.0 Å². The highest BCUT2D eigenvalue weighted by Gasteiger charge is 2.53. The quantitative estimate of drug-likeness (QED) is 0.706. The predicted molar refractivity (Wildman–Crippen MR) is 99.4 cm³/mol. The van der Waals surface area contributed by atoms with Crippen LogP contribution in [0.4, 0.5) is 27.6 Å². The Morgan fingerprint density at radius 2 is 1.94 bits per heavy atom. The smallest absolute Gasteiger partial charge is 0.427 e. The monoisotopic (exact) mass is 443 g/mol. The lowest BCUT2D eigenvalue weighted by atomic mass is 9.84. The predicted octanol–water partition coefficient (Wildman–Crippen LogP) is 3.63. The van der Waals surface area contributed by atoms with E-state index in [1.165, 1.54) is 24.5 Å². The third-order valence-electron chi connectivity index (χ3n) is 5.51. The van der Waals surface area contributed by atoms with Gasteiger partial charge in [0.15, 0.2) is 11.9 Å². The van der Waals surface area contributed by atoms with Gasteiger partial charge < -0.3 is 19.8 Å². The van der Waals surface area contributed by atoms with Crippen molar-refractivity contribution < 1.29 is 36.9 Å². The zero-order valence-electron chi connectivity index (χ0n) is 16.1. The molecule has 2 aromatic rings.